The molecule has 0 bridgehead atoms. The number of fused-ring (bicyclic) bond motifs is 1. The number of rotatable bonds is 3. The number of carbonyl (C=O) groups is 2. The van der Waals surface area contributed by atoms with Crippen LogP contribution in [0.15, 0.2) is 42.6 Å². The molecule has 1 saturated heterocycles. The van der Waals surface area contributed by atoms with Gasteiger partial charge in [0.15, 0.2) is 5.69 Å². The van der Waals surface area contributed by atoms with E-state index in [1.807, 2.05) is 55.1 Å². The Morgan fingerprint density at radius 2 is 1.72 bits per heavy atom. The van der Waals surface area contributed by atoms with Gasteiger partial charge in [0.2, 0.25) is 5.82 Å². The van der Waals surface area contributed by atoms with Crippen molar-refractivity contribution < 1.29 is 9.59 Å². The monoisotopic (exact) mass is 390 g/mol. The van der Waals surface area contributed by atoms with Crippen LogP contribution in [-0.2, 0) is 0 Å². The third-order valence-corrected chi connectivity index (χ3v) is 5.75. The van der Waals surface area contributed by atoms with Gasteiger partial charge in [-0.05, 0) is 55.9 Å². The summed E-state index contributed by atoms with van der Waals surface area (Å²) in [4.78, 5) is 32.6. The number of hydrogen-bond acceptors (Lipinski definition) is 3. The zero-order valence-electron chi connectivity index (χ0n) is 17.1. The summed E-state index contributed by atoms with van der Waals surface area (Å²) < 4.78 is 1.72. The molecule has 0 aliphatic carbocycles. The number of amides is 2. The molecule has 150 valence electrons. The first-order valence-electron chi connectivity index (χ1n) is 10.1. The van der Waals surface area contributed by atoms with Crippen LogP contribution in [0.5, 0.6) is 0 Å². The fourth-order valence-corrected chi connectivity index (χ4v) is 3.89. The molecule has 1 aromatic carbocycles. The van der Waals surface area contributed by atoms with E-state index in [0.717, 1.165) is 42.7 Å². The predicted octanol–water partition coefficient (Wildman–Crippen LogP) is 4.08. The Morgan fingerprint density at radius 3 is 2.41 bits per heavy atom. The second kappa shape index (κ2) is 7.70. The van der Waals surface area contributed by atoms with E-state index in [0.29, 0.717) is 17.3 Å². The number of hydrogen-bond donors (Lipinski definition) is 1. The van der Waals surface area contributed by atoms with Gasteiger partial charge in [0.05, 0.1) is 5.52 Å². The minimum atomic E-state index is -0.308. The van der Waals surface area contributed by atoms with Crippen molar-refractivity contribution in [2.45, 2.75) is 33.6 Å². The molecule has 6 nitrogen and oxygen atoms in total. The molecule has 0 atom stereocenters. The molecule has 1 aliphatic rings. The molecule has 3 aromatic rings. The van der Waals surface area contributed by atoms with Crippen molar-refractivity contribution in [3.8, 4) is 0 Å². The van der Waals surface area contributed by atoms with Crippen molar-refractivity contribution in [3.05, 3.63) is 65.2 Å². The van der Waals surface area contributed by atoms with Gasteiger partial charge in [-0.15, -0.1) is 0 Å². The van der Waals surface area contributed by atoms with E-state index in [-0.39, 0.29) is 17.5 Å². The van der Waals surface area contributed by atoms with Crippen molar-refractivity contribution in [1.29, 1.82) is 0 Å². The van der Waals surface area contributed by atoms with Gasteiger partial charge < -0.3 is 10.2 Å². The van der Waals surface area contributed by atoms with Gasteiger partial charge in [0.1, 0.15) is 0 Å². The van der Waals surface area contributed by atoms with E-state index in [2.05, 4.69) is 17.2 Å². The lowest BCUT2D eigenvalue weighted by atomic mass is 9.99. The van der Waals surface area contributed by atoms with Crippen LogP contribution in [0.1, 0.15) is 52.0 Å². The lowest BCUT2D eigenvalue weighted by Gasteiger charge is -2.29. The van der Waals surface area contributed by atoms with E-state index in [1.165, 1.54) is 0 Å². The minimum absolute atomic E-state index is 0.121. The SMILES string of the molecule is Cc1cccc(C)c1NC(=O)c1nc(C(=O)N2CCC(C)CC2)n2ccccc12. The highest BCUT2D eigenvalue weighted by Gasteiger charge is 2.27. The number of anilines is 1. The molecule has 1 aliphatic heterocycles. The standard InChI is InChI=1S/C23H26N4O2/c1-15-10-13-26(14-11-15)23(29)21-24-20(18-9-4-5-12-27(18)21)22(28)25-19-16(2)7-6-8-17(19)3/h4-9,12,15H,10-11,13-14H2,1-3H3,(H,25,28). The summed E-state index contributed by atoms with van der Waals surface area (Å²) in [5, 5.41) is 2.98. The van der Waals surface area contributed by atoms with Gasteiger partial charge in [-0.3, -0.25) is 14.0 Å². The average molecular weight is 390 g/mol. The topological polar surface area (TPSA) is 66.7 Å². The number of carbonyl (C=O) groups excluding carboxylic acids is 2. The maximum absolute atomic E-state index is 13.1. The van der Waals surface area contributed by atoms with Crippen molar-refractivity contribution in [2.75, 3.05) is 18.4 Å². The Hall–Kier alpha value is -3.15. The van der Waals surface area contributed by atoms with Crippen molar-refractivity contribution in [3.63, 3.8) is 0 Å². The lowest BCUT2D eigenvalue weighted by molar-refractivity contribution is 0.0684. The molecule has 2 amide bonds. The molecule has 1 fully saturated rings. The molecular weight excluding hydrogens is 364 g/mol. The summed E-state index contributed by atoms with van der Waals surface area (Å²) in [6.45, 7) is 7.58. The molecule has 0 spiro atoms. The van der Waals surface area contributed by atoms with Crippen molar-refractivity contribution in [2.24, 2.45) is 5.92 Å². The Morgan fingerprint density at radius 1 is 1.03 bits per heavy atom. The summed E-state index contributed by atoms with van der Waals surface area (Å²) >= 11 is 0. The average Bonchev–Trinajstić information content (AvgIpc) is 3.11. The van der Waals surface area contributed by atoms with Crippen LogP contribution in [-0.4, -0.2) is 39.2 Å². The number of imidazole rings is 1. The summed E-state index contributed by atoms with van der Waals surface area (Å²) in [5.74, 6) is 0.498. The molecule has 0 unspecified atom stereocenters. The van der Waals surface area contributed by atoms with Crippen LogP contribution in [0, 0.1) is 19.8 Å². The van der Waals surface area contributed by atoms with Crippen LogP contribution in [0.25, 0.3) is 5.52 Å². The molecule has 29 heavy (non-hydrogen) atoms. The molecule has 0 saturated carbocycles. The summed E-state index contributed by atoms with van der Waals surface area (Å²) in [6, 6.07) is 11.4. The first-order valence-corrected chi connectivity index (χ1v) is 10.1. The van der Waals surface area contributed by atoms with Crippen molar-refractivity contribution >= 4 is 23.0 Å². The number of benzene rings is 1. The molecule has 1 N–H and O–H groups in total. The highest BCUT2D eigenvalue weighted by Crippen LogP contribution is 2.23. The van der Waals surface area contributed by atoms with Gasteiger partial charge >= 0.3 is 0 Å². The van der Waals surface area contributed by atoms with E-state index in [4.69, 9.17) is 0 Å². The molecule has 2 aromatic heterocycles. The molecule has 0 radical (unpaired) electrons. The predicted molar refractivity (Wildman–Crippen MR) is 113 cm³/mol. The zero-order valence-corrected chi connectivity index (χ0v) is 17.1. The van der Waals surface area contributed by atoms with Gasteiger partial charge in [0, 0.05) is 25.0 Å². The van der Waals surface area contributed by atoms with Gasteiger partial charge in [-0.1, -0.05) is 31.2 Å². The van der Waals surface area contributed by atoms with Gasteiger partial charge in [-0.25, -0.2) is 4.98 Å². The van der Waals surface area contributed by atoms with Crippen LogP contribution >= 0.6 is 0 Å². The normalized spacial score (nSPS) is 14.9. The number of nitrogens with one attached hydrogen (secondary N) is 1. The van der Waals surface area contributed by atoms with E-state index < -0.39 is 0 Å². The Balaban J connectivity index is 1.69. The lowest BCUT2D eigenvalue weighted by Crippen LogP contribution is -2.38. The van der Waals surface area contributed by atoms with Gasteiger partial charge in [-0.2, -0.15) is 0 Å². The zero-order chi connectivity index (χ0) is 20.5. The second-order valence-corrected chi connectivity index (χ2v) is 7.94. The number of para-hydroxylation sites is 1. The second-order valence-electron chi connectivity index (χ2n) is 7.94. The first kappa shape index (κ1) is 19.2. The Labute approximate surface area is 170 Å². The molecule has 4 rings (SSSR count). The largest absolute Gasteiger partial charge is 0.336 e. The van der Waals surface area contributed by atoms with Crippen LogP contribution in [0.3, 0.4) is 0 Å². The van der Waals surface area contributed by atoms with E-state index >= 15 is 0 Å². The first-order chi connectivity index (χ1) is 14.0. The smallest absolute Gasteiger partial charge is 0.290 e. The number of aromatic nitrogens is 2. The number of pyridine rings is 1. The van der Waals surface area contributed by atoms with Gasteiger partial charge in [0.25, 0.3) is 11.8 Å². The molecular formula is C23H26N4O2. The third-order valence-electron chi connectivity index (χ3n) is 5.75. The number of aryl methyl sites for hydroxylation is 2. The van der Waals surface area contributed by atoms with Crippen LogP contribution in [0.4, 0.5) is 5.69 Å². The fourth-order valence-electron chi connectivity index (χ4n) is 3.89. The van der Waals surface area contributed by atoms with E-state index in [9.17, 15) is 9.59 Å². The quantitative estimate of drug-likeness (QED) is 0.733. The minimum Gasteiger partial charge on any atom is -0.336 e. The maximum atomic E-state index is 13.1. The third kappa shape index (κ3) is 3.62. The number of nitrogens with zero attached hydrogens (tertiary/aromatic N) is 3. The van der Waals surface area contributed by atoms with Crippen LogP contribution < -0.4 is 5.32 Å². The summed E-state index contributed by atoms with van der Waals surface area (Å²) in [6.07, 6.45) is 3.78. The summed E-state index contributed by atoms with van der Waals surface area (Å²) in [7, 11) is 0. The number of piperidine rings is 1. The van der Waals surface area contributed by atoms with E-state index in [1.54, 1.807) is 10.6 Å². The van der Waals surface area contributed by atoms with Crippen molar-refractivity contribution in [1.82, 2.24) is 14.3 Å². The fraction of sp³-hybridized carbons (Fsp3) is 0.348. The molecule has 3 heterocycles. The maximum Gasteiger partial charge on any atom is 0.290 e. The highest BCUT2D eigenvalue weighted by molar-refractivity contribution is 6.09. The Kier molecular flexibility index (Phi) is 5.09. The van der Waals surface area contributed by atoms with Crippen LogP contribution in [0.2, 0.25) is 0 Å². The summed E-state index contributed by atoms with van der Waals surface area (Å²) in [5.41, 5.74) is 3.65. The molecule has 6 heteroatoms. The highest BCUT2D eigenvalue weighted by atomic mass is 16.2. The number of likely N-dealkylation sites (tertiary alicyclic amines) is 1. The Bertz CT molecular complexity index is 1060.